The summed E-state index contributed by atoms with van der Waals surface area (Å²) in [5.41, 5.74) is 6.46. The minimum absolute atomic E-state index is 0.284. The Morgan fingerprint density at radius 2 is 2.00 bits per heavy atom. The van der Waals surface area contributed by atoms with Crippen molar-refractivity contribution >= 4 is 0 Å². The van der Waals surface area contributed by atoms with E-state index in [0.717, 1.165) is 19.6 Å². The fourth-order valence-corrected chi connectivity index (χ4v) is 2.54. The molecule has 86 valence electrons. The predicted molar refractivity (Wildman–Crippen MR) is 66.8 cm³/mol. The van der Waals surface area contributed by atoms with E-state index in [4.69, 9.17) is 5.73 Å². The van der Waals surface area contributed by atoms with Crippen LogP contribution in [0.3, 0.4) is 0 Å². The van der Waals surface area contributed by atoms with Crippen LogP contribution >= 0.6 is 0 Å². The first-order chi connectivity index (χ1) is 7.12. The second kappa shape index (κ2) is 5.47. The lowest BCUT2D eigenvalue weighted by Crippen LogP contribution is -2.44. The number of nitrogens with two attached hydrogens (primary N) is 1. The molecule has 0 aromatic heterocycles. The molecule has 0 aromatic carbocycles. The molecule has 1 fully saturated rings. The highest BCUT2D eigenvalue weighted by atomic mass is 15.1. The van der Waals surface area contributed by atoms with Crippen LogP contribution in [-0.4, -0.2) is 30.6 Å². The van der Waals surface area contributed by atoms with Crippen LogP contribution < -0.4 is 5.73 Å². The van der Waals surface area contributed by atoms with E-state index in [0.29, 0.717) is 6.04 Å². The molecule has 1 aliphatic carbocycles. The smallest absolute Gasteiger partial charge is 0.0164 e. The Morgan fingerprint density at radius 3 is 2.40 bits per heavy atom. The van der Waals surface area contributed by atoms with Crippen molar-refractivity contribution < 1.29 is 0 Å². The number of hydrogen-bond acceptors (Lipinski definition) is 2. The normalized spacial score (nSPS) is 30.7. The summed E-state index contributed by atoms with van der Waals surface area (Å²) in [6.45, 7) is 12.8. The third-order valence-electron chi connectivity index (χ3n) is 3.52. The molecule has 0 bridgehead atoms. The first kappa shape index (κ1) is 12.5. The second-order valence-corrected chi connectivity index (χ2v) is 4.92. The van der Waals surface area contributed by atoms with Gasteiger partial charge in [0.1, 0.15) is 0 Å². The summed E-state index contributed by atoms with van der Waals surface area (Å²) < 4.78 is 0. The SMILES string of the molecule is C=CCN(CC=C)CC1(C)CCCC1N. The van der Waals surface area contributed by atoms with Gasteiger partial charge in [-0.25, -0.2) is 0 Å². The second-order valence-electron chi connectivity index (χ2n) is 4.92. The molecule has 0 spiro atoms. The summed E-state index contributed by atoms with van der Waals surface area (Å²) >= 11 is 0. The van der Waals surface area contributed by atoms with Gasteiger partial charge in [0, 0.05) is 25.7 Å². The zero-order chi connectivity index (χ0) is 11.3. The molecule has 0 heterocycles. The third-order valence-corrected chi connectivity index (χ3v) is 3.52. The van der Waals surface area contributed by atoms with Gasteiger partial charge in [-0.1, -0.05) is 25.5 Å². The number of nitrogens with zero attached hydrogens (tertiary/aromatic N) is 1. The van der Waals surface area contributed by atoms with Crippen LogP contribution in [0, 0.1) is 5.41 Å². The van der Waals surface area contributed by atoms with Gasteiger partial charge in [0.25, 0.3) is 0 Å². The quantitative estimate of drug-likeness (QED) is 0.678. The van der Waals surface area contributed by atoms with Crippen LogP contribution in [0.2, 0.25) is 0 Å². The fraction of sp³-hybridized carbons (Fsp3) is 0.692. The van der Waals surface area contributed by atoms with E-state index in [2.05, 4.69) is 25.0 Å². The summed E-state index contributed by atoms with van der Waals surface area (Å²) in [4.78, 5) is 2.37. The first-order valence-corrected chi connectivity index (χ1v) is 5.82. The zero-order valence-electron chi connectivity index (χ0n) is 9.91. The highest BCUT2D eigenvalue weighted by Gasteiger charge is 2.37. The van der Waals surface area contributed by atoms with E-state index in [1.165, 1.54) is 19.3 Å². The minimum atomic E-state index is 0.284. The van der Waals surface area contributed by atoms with Crippen molar-refractivity contribution in [3.05, 3.63) is 25.3 Å². The van der Waals surface area contributed by atoms with E-state index in [9.17, 15) is 0 Å². The monoisotopic (exact) mass is 208 g/mol. The minimum Gasteiger partial charge on any atom is -0.327 e. The molecule has 0 radical (unpaired) electrons. The van der Waals surface area contributed by atoms with Crippen LogP contribution in [0.25, 0.3) is 0 Å². The van der Waals surface area contributed by atoms with E-state index in [1.54, 1.807) is 0 Å². The zero-order valence-corrected chi connectivity index (χ0v) is 9.91. The molecule has 2 unspecified atom stereocenters. The number of hydrogen-bond donors (Lipinski definition) is 1. The summed E-state index contributed by atoms with van der Waals surface area (Å²) in [7, 11) is 0. The highest BCUT2D eigenvalue weighted by molar-refractivity contribution is 4.95. The Balaban J connectivity index is 2.55. The Morgan fingerprint density at radius 1 is 1.40 bits per heavy atom. The van der Waals surface area contributed by atoms with E-state index >= 15 is 0 Å². The van der Waals surface area contributed by atoms with Gasteiger partial charge in [0.05, 0.1) is 0 Å². The lowest BCUT2D eigenvalue weighted by atomic mass is 9.84. The van der Waals surface area contributed by atoms with Crippen molar-refractivity contribution in [2.75, 3.05) is 19.6 Å². The molecule has 0 aromatic rings. The Labute approximate surface area is 93.8 Å². The molecule has 1 rings (SSSR count). The van der Waals surface area contributed by atoms with E-state index in [1.807, 2.05) is 12.2 Å². The molecular weight excluding hydrogens is 184 g/mol. The first-order valence-electron chi connectivity index (χ1n) is 5.82. The molecule has 2 N–H and O–H groups in total. The van der Waals surface area contributed by atoms with E-state index < -0.39 is 0 Å². The lowest BCUT2D eigenvalue weighted by Gasteiger charge is -2.34. The summed E-state index contributed by atoms with van der Waals surface area (Å²) in [5, 5.41) is 0. The maximum atomic E-state index is 6.18. The van der Waals surface area contributed by atoms with Gasteiger partial charge in [-0.15, -0.1) is 13.2 Å². The molecule has 2 heteroatoms. The highest BCUT2D eigenvalue weighted by Crippen LogP contribution is 2.37. The standard InChI is InChI=1S/C13H24N2/c1-4-9-15(10-5-2)11-13(3)8-6-7-12(13)14/h4-5,12H,1-2,6-11,14H2,3H3. The fourth-order valence-electron chi connectivity index (χ4n) is 2.54. The molecule has 0 aliphatic heterocycles. The van der Waals surface area contributed by atoms with Crippen molar-refractivity contribution in [3.63, 3.8) is 0 Å². The molecule has 0 amide bonds. The van der Waals surface area contributed by atoms with Crippen LogP contribution in [0.15, 0.2) is 25.3 Å². The molecule has 2 nitrogen and oxygen atoms in total. The van der Waals surface area contributed by atoms with Crippen molar-refractivity contribution in [2.45, 2.75) is 32.2 Å². The molecule has 0 saturated heterocycles. The Kier molecular flexibility index (Phi) is 4.55. The van der Waals surface area contributed by atoms with Crippen molar-refractivity contribution in [2.24, 2.45) is 11.1 Å². The molecule has 2 atom stereocenters. The van der Waals surface area contributed by atoms with Crippen molar-refractivity contribution in [1.82, 2.24) is 4.90 Å². The molecule has 15 heavy (non-hydrogen) atoms. The maximum absolute atomic E-state index is 6.18. The summed E-state index contributed by atoms with van der Waals surface area (Å²) in [6, 6.07) is 0.356. The Bertz CT molecular complexity index is 215. The van der Waals surface area contributed by atoms with Gasteiger partial charge < -0.3 is 5.73 Å². The van der Waals surface area contributed by atoms with Gasteiger partial charge in [0.2, 0.25) is 0 Å². The van der Waals surface area contributed by atoms with Gasteiger partial charge >= 0.3 is 0 Å². The van der Waals surface area contributed by atoms with Crippen LogP contribution in [0.5, 0.6) is 0 Å². The molecular formula is C13H24N2. The van der Waals surface area contributed by atoms with Gasteiger partial charge in [-0.2, -0.15) is 0 Å². The largest absolute Gasteiger partial charge is 0.327 e. The average Bonchev–Trinajstić information content (AvgIpc) is 2.48. The van der Waals surface area contributed by atoms with Crippen LogP contribution in [0.4, 0.5) is 0 Å². The van der Waals surface area contributed by atoms with Gasteiger partial charge in [-0.05, 0) is 18.3 Å². The third kappa shape index (κ3) is 3.18. The maximum Gasteiger partial charge on any atom is 0.0164 e. The van der Waals surface area contributed by atoms with Gasteiger partial charge in [0.15, 0.2) is 0 Å². The predicted octanol–water partition coefficient (Wildman–Crippen LogP) is 2.18. The average molecular weight is 208 g/mol. The van der Waals surface area contributed by atoms with Crippen molar-refractivity contribution in [1.29, 1.82) is 0 Å². The van der Waals surface area contributed by atoms with Crippen LogP contribution in [0.1, 0.15) is 26.2 Å². The van der Waals surface area contributed by atoms with Crippen molar-refractivity contribution in [3.8, 4) is 0 Å². The molecule has 1 aliphatic rings. The molecule has 1 saturated carbocycles. The Hall–Kier alpha value is -0.600. The number of rotatable bonds is 6. The summed E-state index contributed by atoms with van der Waals surface area (Å²) in [6.07, 6.45) is 7.60. The summed E-state index contributed by atoms with van der Waals surface area (Å²) in [5.74, 6) is 0. The van der Waals surface area contributed by atoms with Gasteiger partial charge in [-0.3, -0.25) is 4.90 Å². The lowest BCUT2D eigenvalue weighted by molar-refractivity contribution is 0.176. The van der Waals surface area contributed by atoms with E-state index in [-0.39, 0.29) is 5.41 Å². The topological polar surface area (TPSA) is 29.3 Å². The van der Waals surface area contributed by atoms with Crippen LogP contribution in [-0.2, 0) is 0 Å².